The number of hydrazone groups is 1. The Kier molecular flexibility index (Phi) is 5.03. The molecule has 0 bridgehead atoms. The highest BCUT2D eigenvalue weighted by Crippen LogP contribution is 2.30. The van der Waals surface area contributed by atoms with E-state index in [0.717, 1.165) is 5.56 Å². The summed E-state index contributed by atoms with van der Waals surface area (Å²) in [6, 6.07) is 12.5. The Labute approximate surface area is 145 Å². The molecule has 7 heteroatoms. The normalized spacial score (nSPS) is 15.7. The van der Waals surface area contributed by atoms with Crippen molar-refractivity contribution in [3.8, 4) is 23.0 Å². The van der Waals surface area contributed by atoms with Gasteiger partial charge in [-0.15, -0.1) is 0 Å². The molecule has 2 aromatic rings. The standard InChI is InChI=1S/C18H18N2O5/c1-22-13-7-12(8-14(9-13)23-2)10-19-20-18(21)17-11-24-15-5-3-4-6-16(15)25-17/h3-10,17H,11H2,1-2H3,(H,20,21). The van der Waals surface area contributed by atoms with Gasteiger partial charge in [-0.1, -0.05) is 12.1 Å². The van der Waals surface area contributed by atoms with Crippen molar-refractivity contribution in [2.75, 3.05) is 20.8 Å². The Morgan fingerprint density at radius 2 is 1.84 bits per heavy atom. The van der Waals surface area contributed by atoms with Gasteiger partial charge in [-0.3, -0.25) is 4.79 Å². The Morgan fingerprint density at radius 1 is 1.16 bits per heavy atom. The fourth-order valence-electron chi connectivity index (χ4n) is 2.30. The number of nitrogens with one attached hydrogen (secondary N) is 1. The molecule has 0 aliphatic carbocycles. The summed E-state index contributed by atoms with van der Waals surface area (Å²) < 4.78 is 21.5. The fraction of sp³-hybridized carbons (Fsp3) is 0.222. The lowest BCUT2D eigenvalue weighted by Crippen LogP contribution is -2.42. The summed E-state index contributed by atoms with van der Waals surface area (Å²) in [5, 5.41) is 3.95. The second kappa shape index (κ2) is 7.57. The number of hydrogen-bond donors (Lipinski definition) is 1. The maximum Gasteiger partial charge on any atom is 0.284 e. The van der Waals surface area contributed by atoms with Gasteiger partial charge in [0.2, 0.25) is 6.10 Å². The molecule has 3 rings (SSSR count). The summed E-state index contributed by atoms with van der Waals surface area (Å²) >= 11 is 0. The number of fused-ring (bicyclic) bond motifs is 1. The first-order chi connectivity index (χ1) is 12.2. The highest BCUT2D eigenvalue weighted by molar-refractivity contribution is 5.85. The van der Waals surface area contributed by atoms with Crippen molar-refractivity contribution in [1.82, 2.24) is 5.43 Å². The van der Waals surface area contributed by atoms with Crippen LogP contribution in [0.2, 0.25) is 0 Å². The number of para-hydroxylation sites is 2. The van der Waals surface area contributed by atoms with Crippen molar-refractivity contribution in [3.63, 3.8) is 0 Å². The third kappa shape index (κ3) is 4.00. The van der Waals surface area contributed by atoms with E-state index in [0.29, 0.717) is 23.0 Å². The van der Waals surface area contributed by atoms with Gasteiger partial charge in [0.15, 0.2) is 11.5 Å². The van der Waals surface area contributed by atoms with Crippen LogP contribution in [0.1, 0.15) is 5.56 Å². The van der Waals surface area contributed by atoms with Crippen LogP contribution in [0.3, 0.4) is 0 Å². The number of nitrogens with zero attached hydrogens (tertiary/aromatic N) is 1. The van der Waals surface area contributed by atoms with Crippen molar-refractivity contribution in [3.05, 3.63) is 48.0 Å². The molecule has 0 radical (unpaired) electrons. The minimum absolute atomic E-state index is 0.130. The van der Waals surface area contributed by atoms with E-state index in [1.165, 1.54) is 6.21 Å². The highest BCUT2D eigenvalue weighted by Gasteiger charge is 2.26. The minimum atomic E-state index is -0.758. The zero-order valence-electron chi connectivity index (χ0n) is 13.9. The summed E-state index contributed by atoms with van der Waals surface area (Å²) in [6.45, 7) is 0.130. The molecule has 0 aromatic heterocycles. The lowest BCUT2D eigenvalue weighted by Gasteiger charge is -2.24. The number of rotatable bonds is 5. The molecule has 7 nitrogen and oxygen atoms in total. The van der Waals surface area contributed by atoms with E-state index in [-0.39, 0.29) is 12.5 Å². The van der Waals surface area contributed by atoms with Crippen molar-refractivity contribution in [2.45, 2.75) is 6.10 Å². The first kappa shape index (κ1) is 16.6. The molecule has 0 saturated heterocycles. The molecule has 1 aliphatic rings. The lowest BCUT2D eigenvalue weighted by molar-refractivity contribution is -0.130. The number of ether oxygens (including phenoxy) is 4. The second-order valence-electron chi connectivity index (χ2n) is 5.24. The maximum absolute atomic E-state index is 12.2. The molecule has 1 N–H and O–H groups in total. The Balaban J connectivity index is 1.62. The van der Waals surface area contributed by atoms with Crippen LogP contribution in [0.4, 0.5) is 0 Å². The Bertz CT molecular complexity index is 769. The molecule has 1 aliphatic heterocycles. The van der Waals surface area contributed by atoms with Crippen molar-refractivity contribution in [1.29, 1.82) is 0 Å². The average Bonchev–Trinajstić information content (AvgIpc) is 2.67. The Morgan fingerprint density at radius 3 is 2.52 bits per heavy atom. The van der Waals surface area contributed by atoms with Crippen molar-refractivity contribution in [2.24, 2.45) is 5.10 Å². The molecule has 0 saturated carbocycles. The molecular formula is C18H18N2O5. The SMILES string of the molecule is COc1cc(C=NNC(=O)C2COc3ccccc3O2)cc(OC)c1. The second-order valence-corrected chi connectivity index (χ2v) is 5.24. The predicted octanol–water partition coefficient (Wildman–Crippen LogP) is 1.99. The van der Waals surface area contributed by atoms with E-state index >= 15 is 0 Å². The lowest BCUT2D eigenvalue weighted by atomic mass is 10.2. The minimum Gasteiger partial charge on any atom is -0.497 e. The van der Waals surface area contributed by atoms with E-state index in [2.05, 4.69) is 10.5 Å². The third-order valence-corrected chi connectivity index (χ3v) is 3.56. The topological polar surface area (TPSA) is 78.4 Å². The van der Waals surface area contributed by atoms with Crippen LogP contribution in [0.25, 0.3) is 0 Å². The molecule has 1 atom stereocenters. The van der Waals surface area contributed by atoms with Crippen LogP contribution in [0, 0.1) is 0 Å². The van der Waals surface area contributed by atoms with Gasteiger partial charge in [-0.2, -0.15) is 5.10 Å². The third-order valence-electron chi connectivity index (χ3n) is 3.56. The number of methoxy groups -OCH3 is 2. The zero-order valence-corrected chi connectivity index (χ0v) is 13.9. The smallest absolute Gasteiger partial charge is 0.284 e. The first-order valence-corrected chi connectivity index (χ1v) is 7.64. The number of carbonyl (C=O) groups excluding carboxylic acids is 1. The van der Waals surface area contributed by atoms with Gasteiger partial charge in [-0.05, 0) is 24.3 Å². The average molecular weight is 342 g/mol. The van der Waals surface area contributed by atoms with Gasteiger partial charge >= 0.3 is 0 Å². The van der Waals surface area contributed by atoms with Crippen molar-refractivity contribution < 1.29 is 23.7 Å². The molecule has 25 heavy (non-hydrogen) atoms. The van der Waals surface area contributed by atoms with E-state index < -0.39 is 6.10 Å². The summed E-state index contributed by atoms with van der Waals surface area (Å²) in [5.74, 6) is 2.04. The number of hydrogen-bond acceptors (Lipinski definition) is 6. The van der Waals surface area contributed by atoms with Crippen molar-refractivity contribution >= 4 is 12.1 Å². The monoisotopic (exact) mass is 342 g/mol. The van der Waals surface area contributed by atoms with Crippen LogP contribution >= 0.6 is 0 Å². The number of amides is 1. The van der Waals surface area contributed by atoms with Gasteiger partial charge in [-0.25, -0.2) is 5.43 Å². The van der Waals surface area contributed by atoms with Gasteiger partial charge in [0, 0.05) is 11.6 Å². The van der Waals surface area contributed by atoms with Crippen LogP contribution in [-0.2, 0) is 4.79 Å². The number of carbonyl (C=O) groups is 1. The highest BCUT2D eigenvalue weighted by atomic mass is 16.6. The molecule has 1 amide bonds. The molecule has 1 heterocycles. The molecular weight excluding hydrogens is 324 g/mol. The van der Waals surface area contributed by atoms with Crippen LogP contribution in [0.15, 0.2) is 47.6 Å². The molecule has 0 fully saturated rings. The van der Waals surface area contributed by atoms with Crippen LogP contribution in [0.5, 0.6) is 23.0 Å². The quantitative estimate of drug-likeness (QED) is 0.664. The van der Waals surface area contributed by atoms with Crippen LogP contribution < -0.4 is 24.4 Å². The fourth-order valence-corrected chi connectivity index (χ4v) is 2.30. The molecule has 2 aromatic carbocycles. The van der Waals surface area contributed by atoms with E-state index in [1.54, 1.807) is 44.6 Å². The summed E-state index contributed by atoms with van der Waals surface area (Å²) in [5.41, 5.74) is 3.18. The van der Waals surface area contributed by atoms with E-state index in [4.69, 9.17) is 18.9 Å². The first-order valence-electron chi connectivity index (χ1n) is 7.64. The summed E-state index contributed by atoms with van der Waals surface area (Å²) in [4.78, 5) is 12.2. The maximum atomic E-state index is 12.2. The van der Waals surface area contributed by atoms with E-state index in [1.807, 2.05) is 12.1 Å². The molecule has 1 unspecified atom stereocenters. The summed E-state index contributed by atoms with van der Waals surface area (Å²) in [6.07, 6.45) is 0.743. The van der Waals surface area contributed by atoms with Gasteiger partial charge in [0.05, 0.1) is 20.4 Å². The molecule has 0 spiro atoms. The summed E-state index contributed by atoms with van der Waals surface area (Å²) in [7, 11) is 3.13. The zero-order chi connectivity index (χ0) is 17.6. The van der Waals surface area contributed by atoms with Gasteiger partial charge in [0.25, 0.3) is 5.91 Å². The van der Waals surface area contributed by atoms with Crippen LogP contribution in [-0.4, -0.2) is 39.1 Å². The largest absolute Gasteiger partial charge is 0.497 e. The predicted molar refractivity (Wildman–Crippen MR) is 91.6 cm³/mol. The Hall–Kier alpha value is -3.22. The van der Waals surface area contributed by atoms with E-state index in [9.17, 15) is 4.79 Å². The number of benzene rings is 2. The van der Waals surface area contributed by atoms with Gasteiger partial charge < -0.3 is 18.9 Å². The van der Waals surface area contributed by atoms with Gasteiger partial charge in [0.1, 0.15) is 18.1 Å². The molecule has 130 valence electrons.